The van der Waals surface area contributed by atoms with Crippen LogP contribution in [-0.2, 0) is 16.6 Å². The number of sulfonamides is 1. The zero-order valence-corrected chi connectivity index (χ0v) is 14.1. The molecule has 0 aromatic carbocycles. The van der Waals surface area contributed by atoms with E-state index in [2.05, 4.69) is 27.2 Å². The van der Waals surface area contributed by atoms with E-state index in [1.54, 1.807) is 18.7 Å². The predicted molar refractivity (Wildman–Crippen MR) is 83.5 cm³/mol. The number of nitrogens with one attached hydrogen (secondary N) is 3. The highest BCUT2D eigenvalue weighted by atomic mass is 32.2. The van der Waals surface area contributed by atoms with Gasteiger partial charge in [0.2, 0.25) is 10.0 Å². The molecule has 1 heterocycles. The fraction of sp³-hybridized carbons (Fsp3) is 0.750. The highest BCUT2D eigenvalue weighted by Crippen LogP contribution is 2.18. The van der Waals surface area contributed by atoms with Crippen molar-refractivity contribution in [2.45, 2.75) is 45.2 Å². The average Bonchev–Trinajstić information content (AvgIpc) is 2.75. The Labute approximate surface area is 125 Å². The van der Waals surface area contributed by atoms with Crippen LogP contribution in [0.15, 0.2) is 4.90 Å². The molecular weight excluding hydrogens is 296 g/mol. The van der Waals surface area contributed by atoms with Crippen molar-refractivity contribution in [2.24, 2.45) is 0 Å². The molecule has 0 amide bonds. The summed E-state index contributed by atoms with van der Waals surface area (Å²) >= 11 is 1.71. The third-order valence-corrected chi connectivity index (χ3v) is 5.64. The van der Waals surface area contributed by atoms with Crippen molar-refractivity contribution in [1.29, 1.82) is 0 Å². The van der Waals surface area contributed by atoms with Gasteiger partial charge in [0.1, 0.15) is 4.90 Å². The summed E-state index contributed by atoms with van der Waals surface area (Å²) < 4.78 is 27.6. The van der Waals surface area contributed by atoms with Gasteiger partial charge in [-0.05, 0) is 26.1 Å². The normalized spacial score (nSPS) is 13.6. The first-order valence-corrected chi connectivity index (χ1v) is 9.40. The smallest absolute Gasteiger partial charge is 0.244 e. The number of thioether (sulfide) groups is 1. The summed E-state index contributed by atoms with van der Waals surface area (Å²) in [6, 6.07) is -0.105. The van der Waals surface area contributed by atoms with Gasteiger partial charge in [-0.25, -0.2) is 13.1 Å². The molecule has 116 valence electrons. The van der Waals surface area contributed by atoms with Crippen molar-refractivity contribution in [3.63, 3.8) is 0 Å². The molecule has 1 rings (SSSR count). The standard InChI is InChI=1S/C12H24N4O2S2/c1-5-13-7-11-12(10(4)14-15-11)20(17,18)16-9(3)8-19-6-2/h9,13,16H,5-8H2,1-4H3,(H,14,15). The van der Waals surface area contributed by atoms with Gasteiger partial charge in [0, 0.05) is 18.3 Å². The molecule has 1 unspecified atom stereocenters. The average molecular weight is 320 g/mol. The fourth-order valence-corrected chi connectivity index (χ4v) is 4.23. The monoisotopic (exact) mass is 320 g/mol. The number of hydrogen-bond acceptors (Lipinski definition) is 5. The van der Waals surface area contributed by atoms with Gasteiger partial charge >= 0.3 is 0 Å². The third kappa shape index (κ3) is 4.76. The number of rotatable bonds is 9. The van der Waals surface area contributed by atoms with E-state index in [-0.39, 0.29) is 10.9 Å². The molecule has 0 radical (unpaired) electrons. The van der Waals surface area contributed by atoms with E-state index in [0.717, 1.165) is 18.1 Å². The minimum Gasteiger partial charge on any atom is -0.311 e. The van der Waals surface area contributed by atoms with Crippen molar-refractivity contribution in [3.8, 4) is 0 Å². The van der Waals surface area contributed by atoms with E-state index in [1.165, 1.54) is 0 Å². The summed E-state index contributed by atoms with van der Waals surface area (Å²) in [5.41, 5.74) is 1.10. The van der Waals surface area contributed by atoms with E-state index >= 15 is 0 Å². The van der Waals surface area contributed by atoms with Gasteiger partial charge in [0.15, 0.2) is 0 Å². The summed E-state index contributed by atoms with van der Waals surface area (Å²) in [4.78, 5) is 0.270. The van der Waals surface area contributed by atoms with Crippen LogP contribution in [0.25, 0.3) is 0 Å². The van der Waals surface area contributed by atoms with Crippen molar-refractivity contribution >= 4 is 21.8 Å². The maximum absolute atomic E-state index is 12.5. The van der Waals surface area contributed by atoms with Crippen LogP contribution in [0.3, 0.4) is 0 Å². The molecule has 0 aliphatic carbocycles. The molecule has 6 nitrogen and oxygen atoms in total. The summed E-state index contributed by atoms with van der Waals surface area (Å²) in [7, 11) is -3.54. The van der Waals surface area contributed by atoms with Crippen LogP contribution in [0.1, 0.15) is 32.2 Å². The number of nitrogens with zero attached hydrogens (tertiary/aromatic N) is 1. The molecule has 3 N–H and O–H groups in total. The molecule has 0 aliphatic heterocycles. The lowest BCUT2D eigenvalue weighted by Crippen LogP contribution is -2.35. The van der Waals surface area contributed by atoms with Crippen molar-refractivity contribution in [3.05, 3.63) is 11.4 Å². The number of aromatic nitrogens is 2. The fourth-order valence-electron chi connectivity index (χ4n) is 1.84. The van der Waals surface area contributed by atoms with Gasteiger partial charge in [-0.15, -0.1) is 0 Å². The lowest BCUT2D eigenvalue weighted by Gasteiger charge is -2.14. The molecule has 1 atom stereocenters. The molecule has 0 aliphatic rings. The first-order chi connectivity index (χ1) is 9.42. The Balaban J connectivity index is 2.88. The zero-order valence-electron chi connectivity index (χ0n) is 12.5. The van der Waals surface area contributed by atoms with Crippen LogP contribution in [0, 0.1) is 6.92 Å². The molecule has 20 heavy (non-hydrogen) atoms. The Hall–Kier alpha value is -0.570. The van der Waals surface area contributed by atoms with E-state index in [4.69, 9.17) is 0 Å². The van der Waals surface area contributed by atoms with Gasteiger partial charge in [-0.2, -0.15) is 16.9 Å². The molecule has 0 bridgehead atoms. The van der Waals surface area contributed by atoms with Crippen LogP contribution in [-0.4, -0.2) is 42.7 Å². The van der Waals surface area contributed by atoms with Crippen LogP contribution in [0.4, 0.5) is 0 Å². The van der Waals surface area contributed by atoms with Crippen LogP contribution < -0.4 is 10.0 Å². The topological polar surface area (TPSA) is 86.9 Å². The van der Waals surface area contributed by atoms with E-state index in [1.807, 2.05) is 13.8 Å². The lowest BCUT2D eigenvalue weighted by molar-refractivity contribution is 0.568. The Morgan fingerprint density at radius 2 is 2.10 bits per heavy atom. The van der Waals surface area contributed by atoms with Crippen LogP contribution in [0.5, 0.6) is 0 Å². The van der Waals surface area contributed by atoms with Gasteiger partial charge in [-0.3, -0.25) is 5.10 Å². The first kappa shape index (κ1) is 17.5. The lowest BCUT2D eigenvalue weighted by atomic mass is 10.3. The van der Waals surface area contributed by atoms with Gasteiger partial charge in [-0.1, -0.05) is 13.8 Å². The molecule has 0 saturated carbocycles. The summed E-state index contributed by atoms with van der Waals surface area (Å²) in [6.45, 7) is 8.83. The molecule has 1 aromatic rings. The number of H-pyrrole nitrogens is 1. The van der Waals surface area contributed by atoms with E-state index in [0.29, 0.717) is 17.9 Å². The first-order valence-electron chi connectivity index (χ1n) is 6.77. The van der Waals surface area contributed by atoms with Gasteiger partial charge < -0.3 is 5.32 Å². The number of aromatic amines is 1. The number of hydrogen-bond donors (Lipinski definition) is 3. The molecular formula is C12H24N4O2S2. The minimum atomic E-state index is -3.54. The Morgan fingerprint density at radius 3 is 2.70 bits per heavy atom. The zero-order chi connectivity index (χ0) is 15.2. The third-order valence-electron chi connectivity index (χ3n) is 2.70. The second kappa shape index (κ2) is 8.02. The second-order valence-corrected chi connectivity index (χ2v) is 7.56. The molecule has 0 fully saturated rings. The van der Waals surface area contributed by atoms with Crippen LogP contribution in [0.2, 0.25) is 0 Å². The maximum Gasteiger partial charge on any atom is 0.244 e. The summed E-state index contributed by atoms with van der Waals surface area (Å²) in [5, 5.41) is 9.93. The Morgan fingerprint density at radius 1 is 1.40 bits per heavy atom. The molecule has 1 aromatic heterocycles. The predicted octanol–water partition coefficient (Wildman–Crippen LogP) is 1.25. The van der Waals surface area contributed by atoms with Gasteiger partial charge in [0.05, 0.1) is 11.4 Å². The highest BCUT2D eigenvalue weighted by Gasteiger charge is 2.25. The summed E-state index contributed by atoms with van der Waals surface area (Å²) in [6.07, 6.45) is 0. The highest BCUT2D eigenvalue weighted by molar-refractivity contribution is 7.99. The minimum absolute atomic E-state index is 0.105. The summed E-state index contributed by atoms with van der Waals surface area (Å²) in [5.74, 6) is 1.73. The van der Waals surface area contributed by atoms with Crippen molar-refractivity contribution in [1.82, 2.24) is 20.2 Å². The van der Waals surface area contributed by atoms with Crippen molar-refractivity contribution in [2.75, 3.05) is 18.1 Å². The quantitative estimate of drug-likeness (QED) is 0.637. The Bertz CT molecular complexity index is 514. The molecule has 8 heteroatoms. The number of aryl methyl sites for hydroxylation is 1. The van der Waals surface area contributed by atoms with Crippen molar-refractivity contribution < 1.29 is 8.42 Å². The SMILES string of the molecule is CCNCc1n[nH]c(C)c1S(=O)(=O)NC(C)CSCC. The van der Waals surface area contributed by atoms with E-state index < -0.39 is 10.0 Å². The Kier molecular flexibility index (Phi) is 7.01. The largest absolute Gasteiger partial charge is 0.311 e. The second-order valence-electron chi connectivity index (χ2n) is 4.59. The van der Waals surface area contributed by atoms with E-state index in [9.17, 15) is 8.42 Å². The molecule has 0 saturated heterocycles. The van der Waals surface area contributed by atoms with Crippen LogP contribution >= 0.6 is 11.8 Å². The maximum atomic E-state index is 12.5. The molecule has 0 spiro atoms. The van der Waals surface area contributed by atoms with Gasteiger partial charge in [0.25, 0.3) is 0 Å².